The van der Waals surface area contributed by atoms with Gasteiger partial charge in [-0.2, -0.15) is 0 Å². The van der Waals surface area contributed by atoms with Gasteiger partial charge in [0.2, 0.25) is 0 Å². The van der Waals surface area contributed by atoms with Crippen molar-refractivity contribution in [1.29, 1.82) is 0 Å². The van der Waals surface area contributed by atoms with Crippen LogP contribution in [0.5, 0.6) is 0 Å². The monoisotopic (exact) mass is 273 g/mol. The smallest absolute Gasteiger partial charge is 0.0617 e. The zero-order valence-corrected chi connectivity index (χ0v) is 13.7. The van der Waals surface area contributed by atoms with Gasteiger partial charge in [0, 0.05) is 18.1 Å². The first-order chi connectivity index (χ1) is 9.03. The molecule has 0 rings (SSSR count). The molecule has 2 N–H and O–H groups in total. The van der Waals surface area contributed by atoms with Gasteiger partial charge in [-0.05, 0) is 25.2 Å². The first-order valence-corrected chi connectivity index (χ1v) is 7.94. The summed E-state index contributed by atoms with van der Waals surface area (Å²) >= 11 is 0. The third-order valence-corrected chi connectivity index (χ3v) is 4.27. The maximum absolute atomic E-state index is 5.91. The molecule has 0 radical (unpaired) electrons. The SMILES string of the molecule is CCC(C)COCC(CC)(CC)COCC(N)CC. The Bertz CT molecular complexity index is 187. The van der Waals surface area contributed by atoms with Crippen LogP contribution in [0, 0.1) is 11.3 Å². The molecule has 0 aliphatic heterocycles. The van der Waals surface area contributed by atoms with Crippen molar-refractivity contribution < 1.29 is 9.47 Å². The lowest BCUT2D eigenvalue weighted by Gasteiger charge is -2.32. The van der Waals surface area contributed by atoms with E-state index in [9.17, 15) is 0 Å². The van der Waals surface area contributed by atoms with Gasteiger partial charge in [0.25, 0.3) is 0 Å². The lowest BCUT2D eigenvalue weighted by molar-refractivity contribution is -0.0368. The summed E-state index contributed by atoms with van der Waals surface area (Å²) in [4.78, 5) is 0. The Hall–Kier alpha value is -0.120. The van der Waals surface area contributed by atoms with E-state index in [0.29, 0.717) is 12.5 Å². The summed E-state index contributed by atoms with van der Waals surface area (Å²) in [6.45, 7) is 14.0. The molecule has 19 heavy (non-hydrogen) atoms. The number of hydrogen-bond acceptors (Lipinski definition) is 3. The van der Waals surface area contributed by atoms with Crippen molar-refractivity contribution in [3.8, 4) is 0 Å². The molecule has 0 bridgehead atoms. The molecular formula is C16H35NO2. The van der Waals surface area contributed by atoms with E-state index in [1.54, 1.807) is 0 Å². The average molecular weight is 273 g/mol. The van der Waals surface area contributed by atoms with Crippen molar-refractivity contribution in [3.63, 3.8) is 0 Å². The minimum atomic E-state index is 0.154. The fourth-order valence-corrected chi connectivity index (χ4v) is 1.84. The van der Waals surface area contributed by atoms with E-state index in [4.69, 9.17) is 15.2 Å². The third-order valence-electron chi connectivity index (χ3n) is 4.27. The molecule has 0 fully saturated rings. The highest BCUT2D eigenvalue weighted by Gasteiger charge is 2.27. The van der Waals surface area contributed by atoms with Crippen molar-refractivity contribution in [1.82, 2.24) is 0 Å². The van der Waals surface area contributed by atoms with E-state index < -0.39 is 0 Å². The molecule has 2 atom stereocenters. The van der Waals surface area contributed by atoms with E-state index in [0.717, 1.165) is 39.1 Å². The second kappa shape index (κ2) is 10.6. The van der Waals surface area contributed by atoms with Crippen LogP contribution in [0.3, 0.4) is 0 Å². The second-order valence-corrected chi connectivity index (χ2v) is 5.92. The zero-order valence-electron chi connectivity index (χ0n) is 13.7. The van der Waals surface area contributed by atoms with Gasteiger partial charge in [-0.3, -0.25) is 0 Å². The molecular weight excluding hydrogens is 238 g/mol. The van der Waals surface area contributed by atoms with Gasteiger partial charge in [0.15, 0.2) is 0 Å². The van der Waals surface area contributed by atoms with E-state index in [1.807, 2.05) is 0 Å². The summed E-state index contributed by atoms with van der Waals surface area (Å²) in [5, 5.41) is 0. The van der Waals surface area contributed by atoms with Crippen LogP contribution < -0.4 is 5.73 Å². The molecule has 3 heteroatoms. The van der Waals surface area contributed by atoms with E-state index in [1.165, 1.54) is 6.42 Å². The van der Waals surface area contributed by atoms with Crippen LogP contribution in [-0.4, -0.2) is 32.5 Å². The number of hydrogen-bond donors (Lipinski definition) is 1. The van der Waals surface area contributed by atoms with E-state index >= 15 is 0 Å². The van der Waals surface area contributed by atoms with Crippen LogP contribution in [-0.2, 0) is 9.47 Å². The Balaban J connectivity index is 4.10. The molecule has 0 aromatic heterocycles. The Morgan fingerprint density at radius 3 is 1.84 bits per heavy atom. The molecule has 0 aromatic rings. The molecule has 0 aliphatic carbocycles. The molecule has 3 nitrogen and oxygen atoms in total. The van der Waals surface area contributed by atoms with E-state index in [2.05, 4.69) is 34.6 Å². The Morgan fingerprint density at radius 1 is 0.895 bits per heavy atom. The normalized spacial score (nSPS) is 15.5. The molecule has 0 aromatic carbocycles. The lowest BCUT2D eigenvalue weighted by Crippen LogP contribution is -2.34. The summed E-state index contributed by atoms with van der Waals surface area (Å²) in [6.07, 6.45) is 4.32. The van der Waals surface area contributed by atoms with Gasteiger partial charge < -0.3 is 15.2 Å². The summed E-state index contributed by atoms with van der Waals surface area (Å²) < 4.78 is 11.7. The number of rotatable bonds is 12. The largest absolute Gasteiger partial charge is 0.381 e. The zero-order chi connectivity index (χ0) is 14.7. The second-order valence-electron chi connectivity index (χ2n) is 5.92. The fourth-order valence-electron chi connectivity index (χ4n) is 1.84. The molecule has 2 unspecified atom stereocenters. The molecule has 0 spiro atoms. The number of ether oxygens (including phenoxy) is 2. The van der Waals surface area contributed by atoms with Crippen molar-refractivity contribution >= 4 is 0 Å². The maximum atomic E-state index is 5.91. The topological polar surface area (TPSA) is 44.5 Å². The van der Waals surface area contributed by atoms with Crippen molar-refractivity contribution in [2.75, 3.05) is 26.4 Å². The maximum Gasteiger partial charge on any atom is 0.0617 e. The fraction of sp³-hybridized carbons (Fsp3) is 1.00. The first-order valence-electron chi connectivity index (χ1n) is 7.94. The number of nitrogens with two attached hydrogens (primary N) is 1. The van der Waals surface area contributed by atoms with Gasteiger partial charge in [-0.1, -0.05) is 41.0 Å². The van der Waals surface area contributed by atoms with Crippen LogP contribution in [0.4, 0.5) is 0 Å². The predicted octanol–water partition coefficient (Wildman–Crippen LogP) is 3.61. The standard InChI is InChI=1S/C16H35NO2/c1-6-14(5)10-18-12-16(8-3,9-4)13-19-11-15(17)7-2/h14-15H,6-13,17H2,1-5H3. The highest BCUT2D eigenvalue weighted by Crippen LogP contribution is 2.27. The summed E-state index contributed by atoms with van der Waals surface area (Å²) in [5.74, 6) is 0.640. The van der Waals surface area contributed by atoms with Gasteiger partial charge in [-0.25, -0.2) is 0 Å². The molecule has 0 amide bonds. The Labute approximate surface area is 120 Å². The highest BCUT2D eigenvalue weighted by atomic mass is 16.5. The van der Waals surface area contributed by atoms with Crippen LogP contribution in [0.2, 0.25) is 0 Å². The summed E-state index contributed by atoms with van der Waals surface area (Å²) in [5.41, 5.74) is 6.04. The molecule has 0 saturated heterocycles. The Kier molecular flexibility index (Phi) is 10.6. The average Bonchev–Trinajstić information content (AvgIpc) is 2.45. The molecule has 0 aliphatic rings. The van der Waals surface area contributed by atoms with Crippen molar-refractivity contribution in [2.45, 2.75) is 66.3 Å². The summed E-state index contributed by atoms with van der Waals surface area (Å²) in [7, 11) is 0. The third kappa shape index (κ3) is 7.91. The van der Waals surface area contributed by atoms with Crippen LogP contribution in [0.1, 0.15) is 60.3 Å². The quantitative estimate of drug-likeness (QED) is 0.591. The van der Waals surface area contributed by atoms with Crippen LogP contribution in [0.15, 0.2) is 0 Å². The predicted molar refractivity (Wildman–Crippen MR) is 82.4 cm³/mol. The van der Waals surface area contributed by atoms with Crippen LogP contribution >= 0.6 is 0 Å². The minimum absolute atomic E-state index is 0.154. The first kappa shape index (κ1) is 18.9. The van der Waals surface area contributed by atoms with Gasteiger partial charge in [-0.15, -0.1) is 0 Å². The highest BCUT2D eigenvalue weighted by molar-refractivity contribution is 4.76. The molecule has 0 heterocycles. The van der Waals surface area contributed by atoms with Gasteiger partial charge in [0.05, 0.1) is 19.8 Å². The van der Waals surface area contributed by atoms with Crippen molar-refractivity contribution in [3.05, 3.63) is 0 Å². The Morgan fingerprint density at radius 2 is 1.42 bits per heavy atom. The molecule has 116 valence electrons. The lowest BCUT2D eigenvalue weighted by atomic mass is 9.84. The van der Waals surface area contributed by atoms with Gasteiger partial charge >= 0.3 is 0 Å². The van der Waals surface area contributed by atoms with Gasteiger partial charge in [0.1, 0.15) is 0 Å². The molecule has 0 saturated carbocycles. The summed E-state index contributed by atoms with van der Waals surface area (Å²) in [6, 6.07) is 0.160. The van der Waals surface area contributed by atoms with Crippen molar-refractivity contribution in [2.24, 2.45) is 17.1 Å². The van der Waals surface area contributed by atoms with Crippen LogP contribution in [0.25, 0.3) is 0 Å². The minimum Gasteiger partial charge on any atom is -0.381 e. The van der Waals surface area contributed by atoms with E-state index in [-0.39, 0.29) is 11.5 Å².